The van der Waals surface area contributed by atoms with Gasteiger partial charge >= 0.3 is 0 Å². The molecule has 0 fully saturated rings. The number of anilines is 6. The summed E-state index contributed by atoms with van der Waals surface area (Å²) in [6.07, 6.45) is 0. The molecule has 11 aromatic rings. The van der Waals surface area contributed by atoms with Crippen LogP contribution in [0.4, 0.5) is 34.1 Å². The molecule has 0 saturated carbocycles. The molecule has 3 heteroatoms. The number of para-hydroxylation sites is 3. The van der Waals surface area contributed by atoms with Crippen LogP contribution in [0.1, 0.15) is 22.3 Å². The van der Waals surface area contributed by atoms with Crippen LogP contribution in [0.2, 0.25) is 0 Å². The lowest BCUT2D eigenvalue weighted by molar-refractivity contribution is 0.793. The minimum Gasteiger partial charge on any atom is -0.310 e. The minimum atomic E-state index is -0.634. The lowest BCUT2D eigenvalue weighted by Crippen LogP contribution is -2.28. The third-order valence-electron chi connectivity index (χ3n) is 13.2. The minimum absolute atomic E-state index is 0.634. The van der Waals surface area contributed by atoms with Crippen molar-refractivity contribution in [2.75, 3.05) is 9.80 Å². The molecule has 10 aromatic carbocycles. The second-order valence-corrected chi connectivity index (χ2v) is 17.5. The molecule has 2 nitrogen and oxygen atoms in total. The standard InChI is InChI=1S/C59H38N2S/c1-4-19-40(20-5-1)60(43-33-35-56-50(37-43)48-27-14-17-31-55(48)62-56)44-32-34-47-46-26-12-15-29-51(46)59(53(47)38-44)52-30-16-13-28-49(52)57-45-25-11-10-18-39(45)36-54(58(57)59)61(41-21-6-2-7-22-41)42-23-8-3-9-24-42/h1-38H. The molecule has 1 heterocycles. The summed E-state index contributed by atoms with van der Waals surface area (Å²) in [4.78, 5) is 4.94. The van der Waals surface area contributed by atoms with Crippen LogP contribution < -0.4 is 9.80 Å². The number of hydrogen-bond acceptors (Lipinski definition) is 3. The fraction of sp³-hybridized carbons (Fsp3) is 0.0169. The van der Waals surface area contributed by atoms with Crippen molar-refractivity contribution in [3.05, 3.63) is 253 Å². The van der Waals surface area contributed by atoms with Gasteiger partial charge in [0.05, 0.1) is 11.1 Å². The zero-order valence-corrected chi connectivity index (χ0v) is 34.6. The summed E-state index contributed by atoms with van der Waals surface area (Å²) in [6, 6.07) is 85.4. The van der Waals surface area contributed by atoms with Gasteiger partial charge in [0.2, 0.25) is 0 Å². The summed E-state index contributed by atoms with van der Waals surface area (Å²) in [5.74, 6) is 0. The second-order valence-electron chi connectivity index (χ2n) is 16.4. The largest absolute Gasteiger partial charge is 0.310 e. The van der Waals surface area contributed by atoms with E-state index >= 15 is 0 Å². The third-order valence-corrected chi connectivity index (χ3v) is 14.3. The number of thiophene rings is 1. The molecule has 0 saturated heterocycles. The Morgan fingerprint density at radius 3 is 1.56 bits per heavy atom. The first kappa shape index (κ1) is 35.1. The maximum atomic E-state index is 2.51. The molecule has 1 aromatic heterocycles. The van der Waals surface area contributed by atoms with Gasteiger partial charge in [-0.15, -0.1) is 11.3 Å². The van der Waals surface area contributed by atoms with E-state index in [1.165, 1.54) is 81.1 Å². The van der Waals surface area contributed by atoms with Crippen LogP contribution >= 0.6 is 11.3 Å². The maximum Gasteiger partial charge on any atom is 0.0747 e. The normalized spacial score (nSPS) is 14.5. The van der Waals surface area contributed by atoms with E-state index in [0.29, 0.717) is 0 Å². The molecule has 13 rings (SSSR count). The van der Waals surface area contributed by atoms with E-state index in [9.17, 15) is 0 Å². The van der Waals surface area contributed by atoms with Gasteiger partial charge in [-0.25, -0.2) is 0 Å². The first-order chi connectivity index (χ1) is 30.8. The van der Waals surface area contributed by atoms with Crippen LogP contribution in [0.3, 0.4) is 0 Å². The highest BCUT2D eigenvalue weighted by atomic mass is 32.1. The summed E-state index contributed by atoms with van der Waals surface area (Å²) in [5.41, 5.74) is 16.5. The summed E-state index contributed by atoms with van der Waals surface area (Å²) in [7, 11) is 0. The van der Waals surface area contributed by atoms with Crippen molar-refractivity contribution in [1.29, 1.82) is 0 Å². The Labute approximate surface area is 364 Å². The Balaban J connectivity index is 1.15. The van der Waals surface area contributed by atoms with Crippen LogP contribution in [0, 0.1) is 0 Å². The van der Waals surface area contributed by atoms with Gasteiger partial charge in [-0.1, -0.05) is 152 Å². The van der Waals surface area contributed by atoms with Gasteiger partial charge in [0.25, 0.3) is 0 Å². The lowest BCUT2D eigenvalue weighted by atomic mass is 9.69. The monoisotopic (exact) mass is 806 g/mol. The van der Waals surface area contributed by atoms with Crippen LogP contribution in [-0.2, 0) is 5.41 Å². The van der Waals surface area contributed by atoms with E-state index in [0.717, 1.165) is 28.4 Å². The molecular formula is C59H38N2S. The third kappa shape index (κ3) is 4.97. The summed E-state index contributed by atoms with van der Waals surface area (Å²) >= 11 is 1.86. The fourth-order valence-corrected chi connectivity index (χ4v) is 11.8. The van der Waals surface area contributed by atoms with Crippen molar-refractivity contribution in [2.24, 2.45) is 0 Å². The highest BCUT2D eigenvalue weighted by Crippen LogP contribution is 2.67. The van der Waals surface area contributed by atoms with Gasteiger partial charge in [-0.05, 0) is 129 Å². The average Bonchev–Trinajstić information content (AvgIpc) is 3.97. The quantitative estimate of drug-likeness (QED) is 0.165. The second kappa shape index (κ2) is 13.7. The summed E-state index contributed by atoms with van der Waals surface area (Å²) in [6.45, 7) is 0. The maximum absolute atomic E-state index is 2.51. The Morgan fingerprint density at radius 1 is 0.323 bits per heavy atom. The van der Waals surface area contributed by atoms with E-state index in [4.69, 9.17) is 0 Å². The summed E-state index contributed by atoms with van der Waals surface area (Å²) < 4.78 is 2.61. The SMILES string of the molecule is c1ccc(N(c2ccc3c(c2)C2(c4ccccc4-3)c3ccccc3-c3c2c(N(c2ccccc2)c2ccccc2)cc2ccccc32)c2ccc3sc4ccccc4c3c2)cc1. The molecule has 0 amide bonds. The molecule has 0 radical (unpaired) electrons. The van der Waals surface area contributed by atoms with E-state index in [1.807, 2.05) is 11.3 Å². The Bertz CT molecular complexity index is 3500. The van der Waals surface area contributed by atoms with Crippen molar-refractivity contribution in [3.63, 3.8) is 0 Å². The highest BCUT2D eigenvalue weighted by molar-refractivity contribution is 7.25. The smallest absolute Gasteiger partial charge is 0.0747 e. The Morgan fingerprint density at radius 2 is 0.839 bits per heavy atom. The van der Waals surface area contributed by atoms with Crippen molar-refractivity contribution in [1.82, 2.24) is 0 Å². The van der Waals surface area contributed by atoms with Gasteiger partial charge < -0.3 is 9.80 Å². The molecule has 1 atom stereocenters. The van der Waals surface area contributed by atoms with Gasteiger partial charge in [0.1, 0.15) is 0 Å². The highest BCUT2D eigenvalue weighted by Gasteiger charge is 2.54. The van der Waals surface area contributed by atoms with Gasteiger partial charge in [-0.3, -0.25) is 0 Å². The number of nitrogens with zero attached hydrogens (tertiary/aromatic N) is 2. The number of benzene rings is 10. The summed E-state index contributed by atoms with van der Waals surface area (Å²) in [5, 5.41) is 5.06. The van der Waals surface area contributed by atoms with E-state index < -0.39 is 5.41 Å². The van der Waals surface area contributed by atoms with Gasteiger partial charge in [-0.2, -0.15) is 0 Å². The topological polar surface area (TPSA) is 6.48 Å². The number of fused-ring (bicyclic) bond motifs is 15. The van der Waals surface area contributed by atoms with Crippen LogP contribution in [0.5, 0.6) is 0 Å². The predicted molar refractivity (Wildman–Crippen MR) is 263 cm³/mol. The van der Waals surface area contributed by atoms with Crippen molar-refractivity contribution in [3.8, 4) is 22.3 Å². The zero-order valence-electron chi connectivity index (χ0n) is 33.7. The zero-order chi connectivity index (χ0) is 40.8. The van der Waals surface area contributed by atoms with E-state index in [1.54, 1.807) is 0 Å². The molecule has 0 bridgehead atoms. The van der Waals surface area contributed by atoms with Crippen molar-refractivity contribution in [2.45, 2.75) is 5.41 Å². The Kier molecular flexibility index (Phi) is 7.72. The first-order valence-corrected chi connectivity index (χ1v) is 22.2. The molecule has 290 valence electrons. The number of rotatable bonds is 6. The molecule has 0 aliphatic heterocycles. The van der Waals surface area contributed by atoms with Crippen LogP contribution in [-0.4, -0.2) is 0 Å². The van der Waals surface area contributed by atoms with Crippen LogP contribution in [0.15, 0.2) is 231 Å². The fourth-order valence-electron chi connectivity index (χ4n) is 10.8. The molecular weight excluding hydrogens is 769 g/mol. The molecule has 1 unspecified atom stereocenters. The van der Waals surface area contributed by atoms with Crippen LogP contribution in [0.25, 0.3) is 53.2 Å². The first-order valence-electron chi connectivity index (χ1n) is 21.3. The average molecular weight is 807 g/mol. The number of hydrogen-bond donors (Lipinski definition) is 0. The van der Waals surface area contributed by atoms with E-state index in [2.05, 4.69) is 240 Å². The molecule has 2 aliphatic rings. The molecule has 0 N–H and O–H groups in total. The molecule has 2 aliphatic carbocycles. The van der Waals surface area contributed by atoms with Crippen molar-refractivity contribution < 1.29 is 0 Å². The lowest BCUT2D eigenvalue weighted by Gasteiger charge is -2.36. The van der Waals surface area contributed by atoms with Crippen molar-refractivity contribution >= 4 is 76.4 Å². The predicted octanol–water partition coefficient (Wildman–Crippen LogP) is 16.5. The van der Waals surface area contributed by atoms with E-state index in [-0.39, 0.29) is 0 Å². The molecule has 62 heavy (non-hydrogen) atoms. The van der Waals surface area contributed by atoms with Gasteiger partial charge in [0, 0.05) is 54.2 Å². The molecule has 1 spiro atoms. The Hall–Kier alpha value is -7.72. The van der Waals surface area contributed by atoms with Gasteiger partial charge in [0.15, 0.2) is 0 Å².